The Bertz CT molecular complexity index is 336. The second-order valence-corrected chi connectivity index (χ2v) is 3.36. The van der Waals surface area contributed by atoms with Crippen molar-refractivity contribution in [1.29, 1.82) is 0 Å². The van der Waals surface area contributed by atoms with Crippen LogP contribution < -0.4 is 10.5 Å². The maximum atomic E-state index is 9.63. The predicted octanol–water partition coefficient (Wildman–Crippen LogP) is 1.35. The van der Waals surface area contributed by atoms with E-state index < -0.39 is 0 Å². The number of phenols is 1. The summed E-state index contributed by atoms with van der Waals surface area (Å²) in [6, 6.07) is 3.60. The molecule has 0 aliphatic heterocycles. The van der Waals surface area contributed by atoms with Gasteiger partial charge in [0.05, 0.1) is 7.11 Å². The van der Waals surface area contributed by atoms with Crippen molar-refractivity contribution in [2.24, 2.45) is 5.73 Å². The first-order chi connectivity index (χ1) is 6.22. The van der Waals surface area contributed by atoms with Gasteiger partial charge < -0.3 is 15.6 Å². The van der Waals surface area contributed by atoms with Crippen LogP contribution in [0.5, 0.6) is 11.5 Å². The highest BCUT2D eigenvalue weighted by Gasteiger charge is 2.22. The van der Waals surface area contributed by atoms with E-state index in [1.165, 1.54) is 0 Å². The molecule has 1 aromatic rings. The lowest BCUT2D eigenvalue weighted by Gasteiger charge is -2.08. The van der Waals surface area contributed by atoms with Crippen molar-refractivity contribution < 1.29 is 9.84 Å². The molecule has 70 valence electrons. The first-order valence-corrected chi connectivity index (χ1v) is 4.37. The number of methoxy groups -OCH3 is 1. The number of nitrogens with two attached hydrogens (primary N) is 1. The lowest BCUT2D eigenvalue weighted by molar-refractivity contribution is 0.406. The van der Waals surface area contributed by atoms with Gasteiger partial charge in [-0.05, 0) is 30.0 Å². The number of hydrogen-bond acceptors (Lipinski definition) is 3. The Labute approximate surface area is 77.1 Å². The summed E-state index contributed by atoms with van der Waals surface area (Å²) in [6.45, 7) is 0. The summed E-state index contributed by atoms with van der Waals surface area (Å²) in [6.07, 6.45) is 1.78. The Morgan fingerprint density at radius 2 is 2.31 bits per heavy atom. The summed E-state index contributed by atoms with van der Waals surface area (Å²) in [5.41, 5.74) is 7.88. The van der Waals surface area contributed by atoms with Crippen LogP contribution in [-0.4, -0.2) is 12.2 Å². The third-order valence-corrected chi connectivity index (χ3v) is 2.57. The molecular formula is C10H13NO2. The average Bonchev–Trinajstić information content (AvgIpc) is 2.48. The second-order valence-electron chi connectivity index (χ2n) is 3.36. The first kappa shape index (κ1) is 8.38. The highest BCUT2D eigenvalue weighted by atomic mass is 16.5. The SMILES string of the molecule is COc1cc(O)c2c(c1)[C@@H](N)CC2. The number of benzene rings is 1. The summed E-state index contributed by atoms with van der Waals surface area (Å²) >= 11 is 0. The molecule has 0 saturated heterocycles. The molecule has 3 heteroatoms. The van der Waals surface area contributed by atoms with E-state index >= 15 is 0 Å². The molecule has 0 unspecified atom stereocenters. The van der Waals surface area contributed by atoms with Crippen molar-refractivity contribution in [3.63, 3.8) is 0 Å². The van der Waals surface area contributed by atoms with E-state index in [2.05, 4.69) is 0 Å². The number of aromatic hydroxyl groups is 1. The average molecular weight is 179 g/mol. The van der Waals surface area contributed by atoms with Gasteiger partial charge in [0.25, 0.3) is 0 Å². The smallest absolute Gasteiger partial charge is 0.122 e. The summed E-state index contributed by atoms with van der Waals surface area (Å²) in [5.74, 6) is 0.982. The molecule has 0 radical (unpaired) electrons. The zero-order chi connectivity index (χ0) is 9.42. The Morgan fingerprint density at radius 1 is 1.54 bits per heavy atom. The largest absolute Gasteiger partial charge is 0.508 e. The molecule has 0 bridgehead atoms. The van der Waals surface area contributed by atoms with E-state index in [9.17, 15) is 5.11 Å². The molecule has 3 nitrogen and oxygen atoms in total. The van der Waals surface area contributed by atoms with E-state index in [1.54, 1.807) is 13.2 Å². The van der Waals surface area contributed by atoms with Crippen molar-refractivity contribution in [2.45, 2.75) is 18.9 Å². The van der Waals surface area contributed by atoms with Gasteiger partial charge in [-0.2, -0.15) is 0 Å². The third-order valence-electron chi connectivity index (χ3n) is 2.57. The topological polar surface area (TPSA) is 55.5 Å². The fourth-order valence-electron chi connectivity index (χ4n) is 1.83. The van der Waals surface area contributed by atoms with Crippen LogP contribution in [0.3, 0.4) is 0 Å². The molecule has 13 heavy (non-hydrogen) atoms. The molecule has 0 saturated carbocycles. The second kappa shape index (κ2) is 2.92. The van der Waals surface area contributed by atoms with Gasteiger partial charge in [-0.25, -0.2) is 0 Å². The molecule has 0 heterocycles. The highest BCUT2D eigenvalue weighted by Crippen LogP contribution is 2.38. The molecular weight excluding hydrogens is 166 g/mol. The first-order valence-electron chi connectivity index (χ1n) is 4.37. The van der Waals surface area contributed by atoms with Crippen molar-refractivity contribution in [3.05, 3.63) is 23.3 Å². The monoisotopic (exact) mass is 179 g/mol. The van der Waals surface area contributed by atoms with Crippen LogP contribution in [0.25, 0.3) is 0 Å². The lowest BCUT2D eigenvalue weighted by Crippen LogP contribution is -2.05. The van der Waals surface area contributed by atoms with Crippen LogP contribution in [0, 0.1) is 0 Å². The number of fused-ring (bicyclic) bond motifs is 1. The Balaban J connectivity index is 2.53. The van der Waals surface area contributed by atoms with E-state index in [0.717, 1.165) is 24.0 Å². The quantitative estimate of drug-likeness (QED) is 0.684. The molecule has 1 atom stereocenters. The fraction of sp³-hybridized carbons (Fsp3) is 0.400. The van der Waals surface area contributed by atoms with Crippen LogP contribution in [0.15, 0.2) is 12.1 Å². The molecule has 0 amide bonds. The number of rotatable bonds is 1. The van der Waals surface area contributed by atoms with Gasteiger partial charge in [0, 0.05) is 12.1 Å². The van der Waals surface area contributed by atoms with Gasteiger partial charge in [-0.1, -0.05) is 0 Å². The van der Waals surface area contributed by atoms with Crippen molar-refractivity contribution >= 4 is 0 Å². The summed E-state index contributed by atoms with van der Waals surface area (Å²) < 4.78 is 5.05. The van der Waals surface area contributed by atoms with Crippen molar-refractivity contribution in [2.75, 3.05) is 7.11 Å². The predicted molar refractivity (Wildman–Crippen MR) is 49.9 cm³/mol. The molecule has 1 aliphatic rings. The highest BCUT2D eigenvalue weighted by molar-refractivity contribution is 5.49. The zero-order valence-electron chi connectivity index (χ0n) is 7.58. The minimum absolute atomic E-state index is 0.0519. The minimum atomic E-state index is 0.0519. The van der Waals surface area contributed by atoms with E-state index in [0.29, 0.717) is 11.5 Å². The molecule has 3 N–H and O–H groups in total. The van der Waals surface area contributed by atoms with Gasteiger partial charge in [-0.15, -0.1) is 0 Å². The van der Waals surface area contributed by atoms with E-state index in [-0.39, 0.29) is 6.04 Å². The molecule has 1 aromatic carbocycles. The molecule has 2 rings (SSSR count). The maximum absolute atomic E-state index is 9.63. The van der Waals surface area contributed by atoms with Gasteiger partial charge in [0.15, 0.2) is 0 Å². The molecule has 0 aromatic heterocycles. The van der Waals surface area contributed by atoms with Crippen LogP contribution in [0.4, 0.5) is 0 Å². The van der Waals surface area contributed by atoms with E-state index in [1.807, 2.05) is 6.07 Å². The van der Waals surface area contributed by atoms with Crippen LogP contribution in [0.2, 0.25) is 0 Å². The maximum Gasteiger partial charge on any atom is 0.122 e. The van der Waals surface area contributed by atoms with Crippen LogP contribution in [-0.2, 0) is 6.42 Å². The van der Waals surface area contributed by atoms with E-state index in [4.69, 9.17) is 10.5 Å². The van der Waals surface area contributed by atoms with Crippen molar-refractivity contribution in [1.82, 2.24) is 0 Å². The summed E-state index contributed by atoms with van der Waals surface area (Å²) in [5, 5.41) is 9.63. The Kier molecular flexibility index (Phi) is 1.88. The Hall–Kier alpha value is -1.22. The molecule has 0 spiro atoms. The number of hydrogen-bond donors (Lipinski definition) is 2. The van der Waals surface area contributed by atoms with Gasteiger partial charge >= 0.3 is 0 Å². The lowest BCUT2D eigenvalue weighted by atomic mass is 10.1. The summed E-state index contributed by atoms with van der Waals surface area (Å²) in [4.78, 5) is 0. The normalized spacial score (nSPS) is 20.0. The summed E-state index contributed by atoms with van der Waals surface area (Å²) in [7, 11) is 1.58. The van der Waals surface area contributed by atoms with Gasteiger partial charge in [0.1, 0.15) is 11.5 Å². The van der Waals surface area contributed by atoms with Gasteiger partial charge in [-0.3, -0.25) is 0 Å². The fourth-order valence-corrected chi connectivity index (χ4v) is 1.83. The van der Waals surface area contributed by atoms with Gasteiger partial charge in [0.2, 0.25) is 0 Å². The van der Waals surface area contributed by atoms with Crippen LogP contribution in [0.1, 0.15) is 23.6 Å². The molecule has 0 fully saturated rings. The van der Waals surface area contributed by atoms with Crippen LogP contribution >= 0.6 is 0 Å². The standard InChI is InChI=1S/C10H13NO2/c1-13-6-4-8-7(10(12)5-6)2-3-9(8)11/h4-5,9,12H,2-3,11H2,1H3/t9-/m0/s1. The Morgan fingerprint density at radius 3 is 3.00 bits per heavy atom. The third kappa shape index (κ3) is 1.25. The molecule has 1 aliphatic carbocycles. The van der Waals surface area contributed by atoms with Crippen molar-refractivity contribution in [3.8, 4) is 11.5 Å². The minimum Gasteiger partial charge on any atom is -0.508 e. The zero-order valence-corrected chi connectivity index (χ0v) is 7.58. The number of ether oxygens (including phenoxy) is 1. The number of phenolic OH excluding ortho intramolecular Hbond substituents is 1.